The molecular weight excluding hydrogens is 222 g/mol. The largest absolute Gasteiger partial charge is 0.317 e. The number of nitrogens with zero attached hydrogens (tertiary/aromatic N) is 2. The fourth-order valence-electron chi connectivity index (χ4n) is 2.69. The van der Waals surface area contributed by atoms with Crippen LogP contribution in [-0.4, -0.2) is 22.9 Å². The Labute approximate surface area is 112 Å². The minimum atomic E-state index is 0.566. The number of aryl methyl sites for hydroxylation is 2. The Balaban J connectivity index is 2.73. The van der Waals surface area contributed by atoms with Crippen LogP contribution in [0.1, 0.15) is 50.1 Å². The van der Waals surface area contributed by atoms with E-state index >= 15 is 0 Å². The highest BCUT2D eigenvalue weighted by Crippen LogP contribution is 2.20. The van der Waals surface area contributed by atoms with Crippen molar-refractivity contribution in [3.05, 3.63) is 17.0 Å². The molecule has 1 N–H and O–H groups in total. The van der Waals surface area contributed by atoms with Crippen LogP contribution >= 0.6 is 0 Å². The number of hydrogen-bond acceptors (Lipinski definition) is 2. The third-order valence-corrected chi connectivity index (χ3v) is 4.29. The van der Waals surface area contributed by atoms with Gasteiger partial charge >= 0.3 is 0 Å². The van der Waals surface area contributed by atoms with E-state index < -0.39 is 0 Å². The monoisotopic (exact) mass is 251 g/mol. The van der Waals surface area contributed by atoms with Crippen molar-refractivity contribution in [1.82, 2.24) is 15.1 Å². The third-order valence-electron chi connectivity index (χ3n) is 4.29. The molecule has 0 spiro atoms. The predicted octanol–water partition coefficient (Wildman–Crippen LogP) is 2.99. The van der Waals surface area contributed by atoms with E-state index in [-0.39, 0.29) is 0 Å². The molecule has 0 saturated carbocycles. The highest BCUT2D eigenvalue weighted by Gasteiger charge is 2.17. The molecule has 0 aromatic carbocycles. The molecule has 1 aromatic rings. The summed E-state index contributed by atoms with van der Waals surface area (Å²) >= 11 is 0. The van der Waals surface area contributed by atoms with Crippen LogP contribution in [0.2, 0.25) is 0 Å². The van der Waals surface area contributed by atoms with Crippen LogP contribution in [0.15, 0.2) is 0 Å². The summed E-state index contributed by atoms with van der Waals surface area (Å²) < 4.78 is 1.99. The summed E-state index contributed by atoms with van der Waals surface area (Å²) in [5.74, 6) is 0.833. The topological polar surface area (TPSA) is 29.9 Å². The zero-order valence-electron chi connectivity index (χ0n) is 12.9. The van der Waals surface area contributed by atoms with Crippen molar-refractivity contribution in [2.75, 3.05) is 7.05 Å². The zero-order valence-corrected chi connectivity index (χ0v) is 12.9. The maximum atomic E-state index is 4.51. The van der Waals surface area contributed by atoms with Gasteiger partial charge in [-0.3, -0.25) is 4.68 Å². The first-order valence-corrected chi connectivity index (χ1v) is 7.19. The summed E-state index contributed by atoms with van der Waals surface area (Å²) in [5, 5.41) is 7.98. The van der Waals surface area contributed by atoms with Crippen molar-refractivity contribution < 1.29 is 0 Å². The van der Waals surface area contributed by atoms with E-state index in [0.717, 1.165) is 12.3 Å². The van der Waals surface area contributed by atoms with E-state index in [1.54, 1.807) is 0 Å². The lowest BCUT2D eigenvalue weighted by molar-refractivity contribution is 0.376. The van der Waals surface area contributed by atoms with Crippen LogP contribution in [0.5, 0.6) is 0 Å². The van der Waals surface area contributed by atoms with E-state index in [2.05, 4.69) is 45.2 Å². The van der Waals surface area contributed by atoms with Gasteiger partial charge in [0.2, 0.25) is 0 Å². The Hall–Kier alpha value is -0.830. The van der Waals surface area contributed by atoms with Gasteiger partial charge in [0.05, 0.1) is 5.69 Å². The SMILES string of the molecule is CCC(CC)CC(Cc1c(C)nn(C)c1C)NC. The molecule has 18 heavy (non-hydrogen) atoms. The van der Waals surface area contributed by atoms with Crippen molar-refractivity contribution >= 4 is 0 Å². The van der Waals surface area contributed by atoms with E-state index in [1.165, 1.54) is 36.2 Å². The highest BCUT2D eigenvalue weighted by atomic mass is 15.3. The van der Waals surface area contributed by atoms with Crippen molar-refractivity contribution in [2.45, 2.75) is 59.4 Å². The minimum absolute atomic E-state index is 0.566. The van der Waals surface area contributed by atoms with Gasteiger partial charge in [0, 0.05) is 18.8 Å². The molecule has 104 valence electrons. The van der Waals surface area contributed by atoms with Gasteiger partial charge in [-0.1, -0.05) is 26.7 Å². The molecule has 0 fully saturated rings. The van der Waals surface area contributed by atoms with Crippen molar-refractivity contribution in [2.24, 2.45) is 13.0 Å². The average Bonchev–Trinajstić information content (AvgIpc) is 2.60. The normalized spacial score (nSPS) is 13.3. The second kappa shape index (κ2) is 6.93. The summed E-state index contributed by atoms with van der Waals surface area (Å²) in [7, 11) is 4.11. The number of hydrogen-bond donors (Lipinski definition) is 1. The van der Waals surface area contributed by atoms with Gasteiger partial charge < -0.3 is 5.32 Å². The second-order valence-electron chi connectivity index (χ2n) is 5.38. The van der Waals surface area contributed by atoms with E-state index in [1.807, 2.05) is 11.7 Å². The average molecular weight is 251 g/mol. The molecule has 0 amide bonds. The van der Waals surface area contributed by atoms with Gasteiger partial charge in [0.25, 0.3) is 0 Å². The highest BCUT2D eigenvalue weighted by molar-refractivity contribution is 5.25. The second-order valence-corrected chi connectivity index (χ2v) is 5.38. The molecular formula is C15H29N3. The molecule has 1 aromatic heterocycles. The van der Waals surface area contributed by atoms with Crippen molar-refractivity contribution in [3.8, 4) is 0 Å². The molecule has 0 aliphatic heterocycles. The smallest absolute Gasteiger partial charge is 0.0628 e. The van der Waals surface area contributed by atoms with Crippen LogP contribution in [0.4, 0.5) is 0 Å². The Morgan fingerprint density at radius 1 is 1.22 bits per heavy atom. The van der Waals surface area contributed by atoms with Gasteiger partial charge in [-0.2, -0.15) is 5.10 Å². The first-order valence-electron chi connectivity index (χ1n) is 7.19. The molecule has 0 radical (unpaired) electrons. The molecule has 1 rings (SSSR count). The van der Waals surface area contributed by atoms with E-state index in [0.29, 0.717) is 6.04 Å². The van der Waals surface area contributed by atoms with Gasteiger partial charge in [-0.25, -0.2) is 0 Å². The van der Waals surface area contributed by atoms with Crippen LogP contribution in [0, 0.1) is 19.8 Å². The minimum Gasteiger partial charge on any atom is -0.317 e. The molecule has 3 nitrogen and oxygen atoms in total. The van der Waals surface area contributed by atoms with Crippen molar-refractivity contribution in [1.29, 1.82) is 0 Å². The molecule has 0 aliphatic rings. The van der Waals surface area contributed by atoms with Crippen LogP contribution in [0.3, 0.4) is 0 Å². The van der Waals surface area contributed by atoms with Crippen LogP contribution in [-0.2, 0) is 13.5 Å². The van der Waals surface area contributed by atoms with E-state index in [9.17, 15) is 0 Å². The molecule has 0 saturated heterocycles. The first-order chi connectivity index (χ1) is 8.53. The van der Waals surface area contributed by atoms with Gasteiger partial charge in [0.1, 0.15) is 0 Å². The lowest BCUT2D eigenvalue weighted by atomic mass is 9.91. The Morgan fingerprint density at radius 3 is 2.22 bits per heavy atom. The summed E-state index contributed by atoms with van der Waals surface area (Å²) in [6.45, 7) is 8.87. The summed E-state index contributed by atoms with van der Waals surface area (Å²) in [5.41, 5.74) is 3.90. The number of likely N-dealkylation sites (N-methyl/N-ethyl adjacent to an activating group) is 1. The summed E-state index contributed by atoms with van der Waals surface area (Å²) in [6, 6.07) is 0.566. The van der Waals surface area contributed by atoms with Crippen LogP contribution < -0.4 is 5.32 Å². The molecule has 1 unspecified atom stereocenters. The third kappa shape index (κ3) is 3.58. The number of nitrogens with one attached hydrogen (secondary N) is 1. The van der Waals surface area contributed by atoms with E-state index in [4.69, 9.17) is 0 Å². The van der Waals surface area contributed by atoms with Crippen LogP contribution in [0.25, 0.3) is 0 Å². The van der Waals surface area contributed by atoms with Gasteiger partial charge in [-0.15, -0.1) is 0 Å². The lowest BCUT2D eigenvalue weighted by Gasteiger charge is -2.21. The Kier molecular flexibility index (Phi) is 5.86. The maximum Gasteiger partial charge on any atom is 0.0628 e. The molecule has 1 atom stereocenters. The first kappa shape index (κ1) is 15.2. The number of aromatic nitrogens is 2. The molecule has 1 heterocycles. The standard InChI is InChI=1S/C15H29N3/c1-7-13(8-2)9-14(16-5)10-15-11(3)17-18(6)12(15)4/h13-14,16H,7-10H2,1-6H3. The fraction of sp³-hybridized carbons (Fsp3) is 0.800. The molecule has 0 bridgehead atoms. The Bertz CT molecular complexity index is 364. The van der Waals surface area contributed by atoms with Gasteiger partial charge in [0.15, 0.2) is 0 Å². The predicted molar refractivity (Wildman–Crippen MR) is 77.9 cm³/mol. The lowest BCUT2D eigenvalue weighted by Crippen LogP contribution is -2.30. The maximum absolute atomic E-state index is 4.51. The Morgan fingerprint density at radius 2 is 1.83 bits per heavy atom. The summed E-state index contributed by atoms with van der Waals surface area (Å²) in [4.78, 5) is 0. The van der Waals surface area contributed by atoms with Crippen molar-refractivity contribution in [3.63, 3.8) is 0 Å². The van der Waals surface area contributed by atoms with Gasteiger partial charge in [-0.05, 0) is 45.2 Å². The number of rotatable bonds is 7. The quantitative estimate of drug-likeness (QED) is 0.807. The summed E-state index contributed by atoms with van der Waals surface area (Å²) in [6.07, 6.45) is 4.91. The molecule has 0 aliphatic carbocycles. The molecule has 3 heteroatoms. The zero-order chi connectivity index (χ0) is 13.7. The fourth-order valence-corrected chi connectivity index (χ4v) is 2.69.